The number of likely N-dealkylation sites (tertiary alicyclic amines) is 1. The second kappa shape index (κ2) is 11.1. The molecule has 1 aliphatic rings. The van der Waals surface area contributed by atoms with Crippen LogP contribution in [-0.4, -0.2) is 53.6 Å². The number of rotatable bonds is 9. The predicted molar refractivity (Wildman–Crippen MR) is 116 cm³/mol. The minimum absolute atomic E-state index is 0.115. The molecule has 0 unspecified atom stereocenters. The fourth-order valence-electron chi connectivity index (χ4n) is 3.58. The molecule has 0 spiro atoms. The van der Waals surface area contributed by atoms with Gasteiger partial charge in [-0.2, -0.15) is 0 Å². The Morgan fingerprint density at radius 2 is 2.13 bits per heavy atom. The Labute approximate surface area is 183 Å². The third-order valence-corrected chi connectivity index (χ3v) is 5.51. The number of carbonyl (C=O) groups is 1. The Kier molecular flexibility index (Phi) is 8.28. The lowest BCUT2D eigenvalue weighted by Crippen LogP contribution is -2.48. The van der Waals surface area contributed by atoms with E-state index >= 15 is 0 Å². The van der Waals surface area contributed by atoms with Crippen molar-refractivity contribution in [3.8, 4) is 5.75 Å². The first-order valence-corrected chi connectivity index (χ1v) is 11.0. The molecule has 2 amide bonds. The molecule has 0 aliphatic carbocycles. The van der Waals surface area contributed by atoms with E-state index < -0.39 is 0 Å². The van der Waals surface area contributed by atoms with E-state index in [-0.39, 0.29) is 31.0 Å². The zero-order valence-electron chi connectivity index (χ0n) is 18.7. The summed E-state index contributed by atoms with van der Waals surface area (Å²) < 4.78 is 25.6. The van der Waals surface area contributed by atoms with Gasteiger partial charge >= 0.3 is 6.03 Å². The van der Waals surface area contributed by atoms with Crippen LogP contribution in [0.4, 0.5) is 9.18 Å². The maximum atomic E-state index is 14.7. The Bertz CT molecular complexity index is 849. The molecule has 1 aromatic carbocycles. The van der Waals surface area contributed by atoms with Crippen molar-refractivity contribution in [3.63, 3.8) is 0 Å². The summed E-state index contributed by atoms with van der Waals surface area (Å²) in [5, 5.41) is 3.11. The first-order chi connectivity index (χ1) is 14.9. The average Bonchev–Trinajstić information content (AvgIpc) is 3.16. The van der Waals surface area contributed by atoms with Crippen molar-refractivity contribution in [1.82, 2.24) is 20.1 Å². The number of oxazole rings is 1. The Morgan fingerprint density at radius 3 is 2.77 bits per heavy atom. The topological polar surface area (TPSA) is 70.8 Å². The number of hydrogen-bond acceptors (Lipinski definition) is 5. The second-order valence-corrected chi connectivity index (χ2v) is 8.20. The standard InChI is InChI=1S/C23H33FN4O3/c1-4-5-12-30-21-7-6-18(22(24)13-21)14-28(15-20-16-31-17(2)25-20)23(29)26-19-8-10-27(3)11-9-19/h6-7,13,16,19H,4-5,8-12,14-15H2,1-3H3,(H,26,29). The zero-order valence-corrected chi connectivity index (χ0v) is 18.7. The van der Waals surface area contributed by atoms with E-state index in [1.165, 1.54) is 12.3 Å². The smallest absolute Gasteiger partial charge is 0.318 e. The number of nitrogens with one attached hydrogen (secondary N) is 1. The van der Waals surface area contributed by atoms with E-state index in [4.69, 9.17) is 9.15 Å². The highest BCUT2D eigenvalue weighted by Gasteiger charge is 2.23. The van der Waals surface area contributed by atoms with E-state index in [1.807, 2.05) is 0 Å². The SMILES string of the molecule is CCCCOc1ccc(CN(Cc2coc(C)n2)C(=O)NC2CCN(C)CC2)c(F)c1. The highest BCUT2D eigenvalue weighted by Crippen LogP contribution is 2.20. The number of amides is 2. The van der Waals surface area contributed by atoms with E-state index in [9.17, 15) is 9.18 Å². The van der Waals surface area contributed by atoms with Crippen LogP contribution in [0.15, 0.2) is 28.9 Å². The number of ether oxygens (including phenoxy) is 1. The third kappa shape index (κ3) is 6.95. The Balaban J connectivity index is 1.69. The van der Waals surface area contributed by atoms with Crippen LogP contribution in [0.1, 0.15) is 49.8 Å². The van der Waals surface area contributed by atoms with Crippen molar-refractivity contribution in [3.05, 3.63) is 47.4 Å². The average molecular weight is 433 g/mol. The number of urea groups is 1. The van der Waals surface area contributed by atoms with Crippen molar-refractivity contribution in [2.45, 2.75) is 58.7 Å². The van der Waals surface area contributed by atoms with Gasteiger partial charge in [0, 0.05) is 24.6 Å². The van der Waals surface area contributed by atoms with Crippen LogP contribution in [0.3, 0.4) is 0 Å². The van der Waals surface area contributed by atoms with Crippen molar-refractivity contribution < 1.29 is 18.3 Å². The minimum Gasteiger partial charge on any atom is -0.493 e. The van der Waals surface area contributed by atoms with Crippen LogP contribution in [0.2, 0.25) is 0 Å². The number of nitrogens with zero attached hydrogens (tertiary/aromatic N) is 3. The molecule has 3 rings (SSSR count). The first-order valence-electron chi connectivity index (χ1n) is 11.0. The van der Waals surface area contributed by atoms with Gasteiger partial charge in [0.25, 0.3) is 0 Å². The Morgan fingerprint density at radius 1 is 1.35 bits per heavy atom. The van der Waals surface area contributed by atoms with E-state index in [1.54, 1.807) is 24.0 Å². The highest BCUT2D eigenvalue weighted by atomic mass is 19.1. The van der Waals surface area contributed by atoms with Crippen molar-refractivity contribution >= 4 is 6.03 Å². The summed E-state index contributed by atoms with van der Waals surface area (Å²) >= 11 is 0. The lowest BCUT2D eigenvalue weighted by Gasteiger charge is -2.31. The molecule has 170 valence electrons. The van der Waals surface area contributed by atoms with Gasteiger partial charge in [-0.05, 0) is 45.5 Å². The quantitative estimate of drug-likeness (QED) is 0.604. The summed E-state index contributed by atoms with van der Waals surface area (Å²) in [6, 6.07) is 4.71. The molecular formula is C23H33FN4O3. The maximum Gasteiger partial charge on any atom is 0.318 e. The number of unbranched alkanes of at least 4 members (excludes halogenated alkanes) is 1. The summed E-state index contributed by atoms with van der Waals surface area (Å²) in [4.78, 5) is 21.2. The number of hydrogen-bond donors (Lipinski definition) is 1. The van der Waals surface area contributed by atoms with Crippen LogP contribution < -0.4 is 10.1 Å². The number of carbonyl (C=O) groups excluding carboxylic acids is 1. The molecule has 2 aromatic rings. The van der Waals surface area contributed by atoms with Crippen molar-refractivity contribution in [2.24, 2.45) is 0 Å². The molecule has 1 fully saturated rings. The van der Waals surface area contributed by atoms with Crippen LogP contribution in [-0.2, 0) is 13.1 Å². The van der Waals surface area contributed by atoms with Crippen LogP contribution in [0, 0.1) is 12.7 Å². The number of aryl methyl sites for hydroxylation is 1. The lowest BCUT2D eigenvalue weighted by molar-refractivity contribution is 0.175. The monoisotopic (exact) mass is 432 g/mol. The maximum absolute atomic E-state index is 14.7. The van der Waals surface area contributed by atoms with Gasteiger partial charge in [-0.1, -0.05) is 19.4 Å². The third-order valence-electron chi connectivity index (χ3n) is 5.51. The number of benzene rings is 1. The molecule has 7 nitrogen and oxygen atoms in total. The van der Waals surface area contributed by atoms with Crippen molar-refractivity contribution in [1.29, 1.82) is 0 Å². The summed E-state index contributed by atoms with van der Waals surface area (Å²) in [6.07, 6.45) is 5.27. The summed E-state index contributed by atoms with van der Waals surface area (Å²) in [5.74, 6) is 0.650. The lowest BCUT2D eigenvalue weighted by atomic mass is 10.1. The Hall–Kier alpha value is -2.61. The largest absolute Gasteiger partial charge is 0.493 e. The van der Waals surface area contributed by atoms with Gasteiger partial charge in [0.2, 0.25) is 0 Å². The van der Waals surface area contributed by atoms with Gasteiger partial charge in [0.15, 0.2) is 5.89 Å². The van der Waals surface area contributed by atoms with Gasteiger partial charge in [0.05, 0.1) is 25.4 Å². The molecule has 1 aliphatic heterocycles. The number of piperidine rings is 1. The molecule has 1 saturated heterocycles. The predicted octanol–water partition coefficient (Wildman–Crippen LogP) is 4.11. The fraction of sp³-hybridized carbons (Fsp3) is 0.565. The molecule has 31 heavy (non-hydrogen) atoms. The van der Waals surface area contributed by atoms with Crippen molar-refractivity contribution in [2.75, 3.05) is 26.7 Å². The molecule has 8 heteroatoms. The summed E-state index contributed by atoms with van der Waals surface area (Å²) in [7, 11) is 2.08. The van der Waals surface area contributed by atoms with Gasteiger partial charge in [0.1, 0.15) is 17.8 Å². The number of halogens is 1. The molecular weight excluding hydrogens is 399 g/mol. The molecule has 2 heterocycles. The molecule has 1 N–H and O–H groups in total. The normalized spacial score (nSPS) is 15.1. The van der Waals surface area contributed by atoms with Gasteiger partial charge in [-0.25, -0.2) is 14.2 Å². The van der Waals surface area contributed by atoms with Gasteiger partial charge < -0.3 is 24.3 Å². The molecule has 0 bridgehead atoms. The first kappa shape index (κ1) is 23.1. The number of aromatic nitrogens is 1. The van der Waals surface area contributed by atoms with Crippen LogP contribution in [0.25, 0.3) is 0 Å². The molecule has 0 radical (unpaired) electrons. The molecule has 1 aromatic heterocycles. The van der Waals surface area contributed by atoms with Crippen LogP contribution >= 0.6 is 0 Å². The van der Waals surface area contributed by atoms with Gasteiger partial charge in [-0.3, -0.25) is 0 Å². The van der Waals surface area contributed by atoms with E-state index in [2.05, 4.69) is 29.2 Å². The molecule has 0 atom stereocenters. The van der Waals surface area contributed by atoms with E-state index in [0.717, 1.165) is 38.8 Å². The minimum atomic E-state index is -0.387. The van der Waals surface area contributed by atoms with Crippen LogP contribution in [0.5, 0.6) is 5.75 Å². The highest BCUT2D eigenvalue weighted by molar-refractivity contribution is 5.74. The fourth-order valence-corrected chi connectivity index (χ4v) is 3.58. The summed E-state index contributed by atoms with van der Waals surface area (Å²) in [6.45, 7) is 6.66. The summed E-state index contributed by atoms with van der Waals surface area (Å²) in [5.41, 5.74) is 1.07. The van der Waals surface area contributed by atoms with E-state index in [0.29, 0.717) is 29.5 Å². The molecule has 0 saturated carbocycles. The van der Waals surface area contributed by atoms with Gasteiger partial charge in [-0.15, -0.1) is 0 Å². The zero-order chi connectivity index (χ0) is 22.2. The second-order valence-electron chi connectivity index (χ2n) is 8.20.